The molecule has 2 atom stereocenters. The van der Waals surface area contributed by atoms with Gasteiger partial charge in [0.2, 0.25) is 0 Å². The van der Waals surface area contributed by atoms with Crippen LogP contribution in [0.4, 0.5) is 15.9 Å². The van der Waals surface area contributed by atoms with Crippen LogP contribution in [-0.4, -0.2) is 65.3 Å². The van der Waals surface area contributed by atoms with Crippen molar-refractivity contribution >= 4 is 34.0 Å². The summed E-state index contributed by atoms with van der Waals surface area (Å²) < 4.78 is 23.1. The molecule has 2 aromatic carbocycles. The van der Waals surface area contributed by atoms with E-state index in [4.69, 9.17) is 32.0 Å². The lowest BCUT2D eigenvalue weighted by molar-refractivity contribution is 0.108. The lowest BCUT2D eigenvalue weighted by atomic mass is 9.95. The molecule has 9 heteroatoms. The second kappa shape index (κ2) is 9.43. The van der Waals surface area contributed by atoms with Crippen LogP contribution in [0.25, 0.3) is 22.0 Å². The van der Waals surface area contributed by atoms with Crippen LogP contribution < -0.4 is 20.7 Å². The van der Waals surface area contributed by atoms with Crippen molar-refractivity contribution in [2.45, 2.75) is 74.9 Å². The molecule has 8 rings (SSSR count). The van der Waals surface area contributed by atoms with Crippen molar-refractivity contribution in [2.75, 3.05) is 43.4 Å². The quantitative estimate of drug-likeness (QED) is 0.384. The number of halogens is 2. The van der Waals surface area contributed by atoms with E-state index in [0.717, 1.165) is 70.3 Å². The normalized spacial score (nSPS) is 25.6. The number of aromatic nitrogens is 2. The van der Waals surface area contributed by atoms with E-state index in [1.165, 1.54) is 12.8 Å². The first-order chi connectivity index (χ1) is 19.5. The smallest absolute Gasteiger partial charge is 0.319 e. The zero-order chi connectivity index (χ0) is 27.0. The van der Waals surface area contributed by atoms with Gasteiger partial charge in [-0.1, -0.05) is 29.8 Å². The van der Waals surface area contributed by atoms with Gasteiger partial charge in [0.25, 0.3) is 0 Å². The number of benzene rings is 2. The van der Waals surface area contributed by atoms with Crippen molar-refractivity contribution in [3.05, 3.63) is 40.7 Å². The van der Waals surface area contributed by atoms with Crippen molar-refractivity contribution in [2.24, 2.45) is 0 Å². The summed E-state index contributed by atoms with van der Waals surface area (Å²) in [7, 11) is 0. The number of nitrogens with zero attached hydrogens (tertiary/aromatic N) is 4. The van der Waals surface area contributed by atoms with E-state index in [9.17, 15) is 0 Å². The molecular formula is C31H36ClFN6O. The highest BCUT2D eigenvalue weighted by Gasteiger charge is 2.45. The second-order valence-corrected chi connectivity index (χ2v) is 13.0. The minimum atomic E-state index is -0.463. The van der Waals surface area contributed by atoms with Gasteiger partial charge in [0.05, 0.1) is 10.6 Å². The Hall–Kier alpha value is -2.68. The minimum absolute atomic E-state index is 0.0496. The van der Waals surface area contributed by atoms with Crippen molar-refractivity contribution in [1.82, 2.24) is 20.2 Å². The summed E-state index contributed by atoms with van der Waals surface area (Å²) in [5, 5.41) is 4.63. The molecule has 3 N–H and O–H groups in total. The van der Waals surface area contributed by atoms with Gasteiger partial charge in [0.15, 0.2) is 5.82 Å². The molecule has 5 fully saturated rings. The van der Waals surface area contributed by atoms with E-state index in [1.54, 1.807) is 0 Å². The number of nitrogens with two attached hydrogens (primary N) is 1. The largest absolute Gasteiger partial charge is 0.461 e. The Morgan fingerprint density at radius 3 is 2.55 bits per heavy atom. The van der Waals surface area contributed by atoms with Gasteiger partial charge in [-0.2, -0.15) is 9.97 Å². The van der Waals surface area contributed by atoms with E-state index >= 15 is 4.39 Å². The van der Waals surface area contributed by atoms with Crippen LogP contribution in [-0.2, 0) is 0 Å². The van der Waals surface area contributed by atoms with Crippen LogP contribution in [0, 0.1) is 5.82 Å². The zero-order valence-corrected chi connectivity index (χ0v) is 23.5. The van der Waals surface area contributed by atoms with Gasteiger partial charge in [-0.15, -0.1) is 0 Å². The molecule has 4 aliphatic heterocycles. The summed E-state index contributed by atoms with van der Waals surface area (Å²) in [5.74, 6) is 0.692. The molecule has 210 valence electrons. The van der Waals surface area contributed by atoms with E-state index in [2.05, 4.69) is 15.1 Å². The molecule has 2 bridgehead atoms. The first-order valence-electron chi connectivity index (χ1n) is 15.0. The number of anilines is 2. The summed E-state index contributed by atoms with van der Waals surface area (Å²) in [6, 6.07) is 8.74. The fourth-order valence-corrected chi connectivity index (χ4v) is 8.19. The fourth-order valence-electron chi connectivity index (χ4n) is 7.89. The third-order valence-electron chi connectivity index (χ3n) is 10.1. The van der Waals surface area contributed by atoms with Crippen LogP contribution in [0.3, 0.4) is 0 Å². The van der Waals surface area contributed by atoms with E-state index in [0.29, 0.717) is 57.6 Å². The molecule has 3 aromatic rings. The first-order valence-corrected chi connectivity index (χ1v) is 15.3. The van der Waals surface area contributed by atoms with Crippen molar-refractivity contribution in [3.63, 3.8) is 0 Å². The number of ether oxygens (including phenoxy) is 1. The zero-order valence-electron chi connectivity index (χ0n) is 22.8. The molecule has 5 heterocycles. The van der Waals surface area contributed by atoms with Gasteiger partial charge in [0, 0.05) is 47.4 Å². The maximum atomic E-state index is 16.7. The average molecular weight is 563 g/mol. The maximum Gasteiger partial charge on any atom is 0.319 e. The van der Waals surface area contributed by atoms with Crippen LogP contribution in [0.1, 0.15) is 62.8 Å². The average Bonchev–Trinajstić information content (AvgIpc) is 3.46. The van der Waals surface area contributed by atoms with E-state index in [1.807, 2.05) is 24.3 Å². The van der Waals surface area contributed by atoms with E-state index in [-0.39, 0.29) is 17.1 Å². The highest BCUT2D eigenvalue weighted by atomic mass is 35.5. The molecule has 4 saturated heterocycles. The predicted octanol–water partition coefficient (Wildman–Crippen LogP) is 5.50. The molecule has 5 aliphatic rings. The number of nitrogen functional groups attached to an aromatic ring is 1. The molecule has 1 aromatic heterocycles. The Labute approximate surface area is 239 Å². The highest BCUT2D eigenvalue weighted by molar-refractivity contribution is 6.34. The van der Waals surface area contributed by atoms with Crippen LogP contribution in [0.5, 0.6) is 6.01 Å². The Balaban J connectivity index is 1.24. The van der Waals surface area contributed by atoms with Gasteiger partial charge < -0.3 is 20.7 Å². The number of nitrogens with one attached hydrogen (secondary N) is 1. The lowest BCUT2D eigenvalue weighted by Crippen LogP contribution is -2.51. The Morgan fingerprint density at radius 2 is 1.82 bits per heavy atom. The van der Waals surface area contributed by atoms with Gasteiger partial charge in [0.1, 0.15) is 17.9 Å². The number of hydrogen-bond donors (Lipinski definition) is 2. The monoisotopic (exact) mass is 562 g/mol. The minimum Gasteiger partial charge on any atom is -0.461 e. The Kier molecular flexibility index (Phi) is 5.91. The molecule has 0 amide bonds. The Bertz CT molecular complexity index is 1470. The van der Waals surface area contributed by atoms with Gasteiger partial charge in [-0.3, -0.25) is 4.90 Å². The van der Waals surface area contributed by atoms with E-state index < -0.39 is 5.82 Å². The molecule has 7 nitrogen and oxygen atoms in total. The Morgan fingerprint density at radius 1 is 1.07 bits per heavy atom. The van der Waals surface area contributed by atoms with Gasteiger partial charge in [-0.05, 0) is 82.0 Å². The van der Waals surface area contributed by atoms with Crippen LogP contribution >= 0.6 is 11.6 Å². The third kappa shape index (κ3) is 4.05. The highest BCUT2D eigenvalue weighted by Crippen LogP contribution is 2.47. The van der Waals surface area contributed by atoms with Crippen molar-refractivity contribution in [3.8, 4) is 17.1 Å². The summed E-state index contributed by atoms with van der Waals surface area (Å²) in [4.78, 5) is 14.5. The molecular weight excluding hydrogens is 527 g/mol. The van der Waals surface area contributed by atoms with Crippen LogP contribution in [0.2, 0.25) is 5.02 Å². The molecule has 0 radical (unpaired) electrons. The summed E-state index contributed by atoms with van der Waals surface area (Å²) in [6.07, 6.45) is 9.14. The number of para-hydroxylation sites is 1. The summed E-state index contributed by atoms with van der Waals surface area (Å²) in [6.45, 7) is 4.40. The number of rotatable bonds is 6. The third-order valence-corrected chi connectivity index (χ3v) is 10.4. The first kappa shape index (κ1) is 25.1. The van der Waals surface area contributed by atoms with Gasteiger partial charge >= 0.3 is 6.01 Å². The standard InChI is InChI=1S/C31H36ClFN6O/c32-24-14-23-28(26(33)25(24)22-5-1-4-21(27(22)34)18-6-7-18)36-30(40-17-31-10-2-12-39(31)13-3-11-31)37-29(23)38-15-19-8-9-20(16-38)35-19/h1,4-5,14,18-20,35H,2-3,6-13,15-17,34H2. The molecule has 0 spiro atoms. The van der Waals surface area contributed by atoms with Crippen molar-refractivity contribution < 1.29 is 9.13 Å². The van der Waals surface area contributed by atoms with Gasteiger partial charge in [-0.25, -0.2) is 4.39 Å². The fraction of sp³-hybridized carbons (Fsp3) is 0.548. The molecule has 40 heavy (non-hydrogen) atoms. The second-order valence-electron chi connectivity index (χ2n) is 12.6. The predicted molar refractivity (Wildman–Crippen MR) is 157 cm³/mol. The number of fused-ring (bicyclic) bond motifs is 4. The lowest BCUT2D eigenvalue weighted by Gasteiger charge is -2.35. The van der Waals surface area contributed by atoms with Crippen molar-refractivity contribution in [1.29, 1.82) is 0 Å². The molecule has 2 unspecified atom stereocenters. The summed E-state index contributed by atoms with van der Waals surface area (Å²) in [5.41, 5.74) is 9.53. The maximum absolute atomic E-state index is 16.7. The molecule has 1 saturated carbocycles. The number of piperazine rings is 1. The SMILES string of the molecule is Nc1c(-c2c(Cl)cc3c(N4CC5CCC(C4)N5)nc(OCC45CCCN4CCC5)nc3c2F)cccc1C1CC1. The topological polar surface area (TPSA) is 79.5 Å². The molecule has 1 aliphatic carbocycles. The number of hydrogen-bond acceptors (Lipinski definition) is 7. The summed E-state index contributed by atoms with van der Waals surface area (Å²) >= 11 is 6.87. The van der Waals surface area contributed by atoms with Crippen LogP contribution in [0.15, 0.2) is 24.3 Å².